The van der Waals surface area contributed by atoms with Crippen LogP contribution in [0.1, 0.15) is 122 Å². The van der Waals surface area contributed by atoms with Gasteiger partial charge in [0.25, 0.3) is 0 Å². The minimum Gasteiger partial charge on any atom is -0.444 e. The standard InChI is InChI=1S/C32H43F3N6O3.C27H35F3N6O.2ClH/c1-21(17-32(33,34)35)37-29-36-18-26-27(20-41(28(26)38-29)24-9-11-25(42)12-10-24)23-7-5-22(6-8-23)19-39-13-15-40(16-14-39)30(43)44-31(2,3)4;1-18(14-27(28,29)30)33-26-32-15-23-24(17-36(25(23)34-26)21-6-8-22(37)9-7-21)20-4-2-19(3-5-20)16-35-12-10-31-11-13-35;;/h5-8,18,20-21,24-25,42H,9-17,19H2,1-4H3,(H,36,37,38);2-5,15,17-18,21-22,31,37H,6-14,16H2,1H3,(H,32,33,34);2*1H/t21-,24?,25?;18-,21?,22?;;/m00../s1. The molecule has 2 aliphatic heterocycles. The number of fused-ring (bicyclic) bond motifs is 2. The van der Waals surface area contributed by atoms with E-state index in [9.17, 15) is 41.4 Å². The van der Waals surface area contributed by atoms with Crippen molar-refractivity contribution >= 4 is 64.9 Å². The van der Waals surface area contributed by atoms with E-state index in [0.29, 0.717) is 37.2 Å². The summed E-state index contributed by atoms with van der Waals surface area (Å²) in [6, 6.07) is 15.5. The highest BCUT2D eigenvalue weighted by molar-refractivity contribution is 5.95. The van der Waals surface area contributed by atoms with E-state index in [1.165, 1.54) is 19.4 Å². The molecule has 2 saturated carbocycles. The van der Waals surface area contributed by atoms with Gasteiger partial charge in [0.2, 0.25) is 11.9 Å². The van der Waals surface area contributed by atoms with Gasteiger partial charge < -0.3 is 44.9 Å². The Kier molecular flexibility index (Phi) is 22.1. The number of aliphatic hydroxyl groups is 2. The van der Waals surface area contributed by atoms with Crippen LogP contribution >= 0.6 is 24.8 Å². The number of piperazine rings is 2. The number of amides is 1. The van der Waals surface area contributed by atoms with Gasteiger partial charge in [0.15, 0.2) is 0 Å². The van der Waals surface area contributed by atoms with Crippen LogP contribution in [0, 0.1) is 0 Å². The van der Waals surface area contributed by atoms with Crippen LogP contribution in [0.3, 0.4) is 0 Å². The van der Waals surface area contributed by atoms with Gasteiger partial charge in [-0.2, -0.15) is 36.3 Å². The van der Waals surface area contributed by atoms with Crippen LogP contribution in [-0.2, 0) is 17.8 Å². The smallest absolute Gasteiger partial charge is 0.410 e. The van der Waals surface area contributed by atoms with Gasteiger partial charge in [-0.3, -0.25) is 9.80 Å². The van der Waals surface area contributed by atoms with Crippen molar-refractivity contribution in [3.63, 3.8) is 0 Å². The number of hydrogen-bond acceptors (Lipinski definition) is 13. The molecule has 2 saturated heterocycles. The van der Waals surface area contributed by atoms with Gasteiger partial charge >= 0.3 is 18.4 Å². The maximum Gasteiger partial charge on any atom is 0.410 e. The maximum atomic E-state index is 12.9. The Morgan fingerprint density at radius 3 is 1.37 bits per heavy atom. The van der Waals surface area contributed by atoms with Crippen LogP contribution < -0.4 is 16.0 Å². The van der Waals surface area contributed by atoms with Crippen molar-refractivity contribution in [2.45, 2.75) is 166 Å². The SMILES string of the molecule is C[C@@H](CC(F)(F)F)Nc1ncc2c(-c3ccc(CN4CCN(C(=O)OC(C)(C)C)CC4)cc3)cn(C3CCC(O)CC3)c2n1.C[C@@H](CC(F)(F)F)Nc1ncc2c(-c3ccc(CN4CCNCC4)cc3)cn(C3CCC(O)CC3)c2n1.Cl.Cl. The number of ether oxygens (including phenoxy) is 1. The van der Waals surface area contributed by atoms with Gasteiger partial charge in [0, 0.05) is 136 Å². The highest BCUT2D eigenvalue weighted by Gasteiger charge is 2.33. The molecule has 6 aromatic rings. The van der Waals surface area contributed by atoms with Gasteiger partial charge in [-0.1, -0.05) is 48.5 Å². The first-order valence-corrected chi connectivity index (χ1v) is 28.6. The molecule has 456 valence electrons. The molecule has 4 fully saturated rings. The largest absolute Gasteiger partial charge is 0.444 e. The quantitative estimate of drug-likeness (QED) is 0.0653. The number of benzene rings is 2. The number of aromatic nitrogens is 6. The van der Waals surface area contributed by atoms with Crippen LogP contribution in [0.15, 0.2) is 73.3 Å². The second-order valence-electron chi connectivity index (χ2n) is 23.6. The Labute approximate surface area is 494 Å². The van der Waals surface area contributed by atoms with Gasteiger partial charge in [-0.25, -0.2) is 14.8 Å². The zero-order valence-electron chi connectivity index (χ0n) is 47.9. The van der Waals surface area contributed by atoms with E-state index >= 15 is 0 Å². The summed E-state index contributed by atoms with van der Waals surface area (Å²) in [7, 11) is 0. The summed E-state index contributed by atoms with van der Waals surface area (Å²) >= 11 is 0. The van der Waals surface area contributed by atoms with Crippen molar-refractivity contribution in [3.8, 4) is 22.3 Å². The minimum absolute atomic E-state index is 0. The lowest BCUT2D eigenvalue weighted by Crippen LogP contribution is -2.49. The molecule has 83 heavy (non-hydrogen) atoms. The molecule has 10 rings (SSSR count). The van der Waals surface area contributed by atoms with E-state index in [0.717, 1.165) is 129 Å². The van der Waals surface area contributed by atoms with Crippen molar-refractivity contribution < 1.29 is 46.1 Å². The molecule has 5 N–H and O–H groups in total. The minimum atomic E-state index is -4.28. The Morgan fingerprint density at radius 1 is 0.614 bits per heavy atom. The Balaban J connectivity index is 0.000000236. The number of rotatable bonds is 14. The van der Waals surface area contributed by atoms with E-state index < -0.39 is 42.9 Å². The first-order valence-electron chi connectivity index (χ1n) is 28.6. The van der Waals surface area contributed by atoms with E-state index in [1.54, 1.807) is 17.3 Å². The summed E-state index contributed by atoms with van der Waals surface area (Å²) in [5.41, 5.74) is 7.30. The number of halogens is 8. The number of hydrogen-bond donors (Lipinski definition) is 5. The summed E-state index contributed by atoms with van der Waals surface area (Å²) in [5.74, 6) is 0.357. The van der Waals surface area contributed by atoms with Crippen LogP contribution in [0.2, 0.25) is 0 Å². The third kappa shape index (κ3) is 18.0. The second kappa shape index (κ2) is 28.1. The van der Waals surface area contributed by atoms with Gasteiger partial charge in [0.1, 0.15) is 16.9 Å². The van der Waals surface area contributed by atoms with Crippen molar-refractivity contribution in [1.29, 1.82) is 0 Å². The lowest BCUT2D eigenvalue weighted by molar-refractivity contribution is -0.137. The monoisotopic (exact) mass is 1200 g/mol. The number of carbonyl (C=O) groups excluding carboxylic acids is 1. The predicted octanol–water partition coefficient (Wildman–Crippen LogP) is 12.0. The fraction of sp³-hybridized carbons (Fsp3) is 0.576. The number of anilines is 2. The summed E-state index contributed by atoms with van der Waals surface area (Å²) in [6.45, 7) is 17.1. The number of alkyl halides is 6. The topological polar surface area (TPSA) is 174 Å². The zero-order chi connectivity index (χ0) is 57.6. The summed E-state index contributed by atoms with van der Waals surface area (Å²) < 4.78 is 87.0. The van der Waals surface area contributed by atoms with Crippen molar-refractivity contribution in [3.05, 3.63) is 84.4 Å². The molecule has 1 amide bonds. The zero-order valence-corrected chi connectivity index (χ0v) is 49.5. The van der Waals surface area contributed by atoms with Crippen molar-refractivity contribution in [1.82, 2.24) is 49.1 Å². The van der Waals surface area contributed by atoms with Gasteiger partial charge in [-0.15, -0.1) is 24.8 Å². The van der Waals surface area contributed by atoms with E-state index in [1.807, 2.05) is 20.8 Å². The average Bonchev–Trinajstić information content (AvgIpc) is 3.98. The number of aliphatic hydroxyl groups excluding tert-OH is 2. The molecular formula is C59H80Cl2F6N12O4. The normalized spacial score (nSPS) is 21.0. The first-order chi connectivity index (χ1) is 38.5. The molecule has 0 radical (unpaired) electrons. The van der Waals surface area contributed by atoms with Crippen LogP contribution in [-0.4, -0.2) is 155 Å². The molecule has 0 unspecified atom stereocenters. The molecule has 16 nitrogen and oxygen atoms in total. The summed E-state index contributed by atoms with van der Waals surface area (Å²) in [4.78, 5) is 37.0. The summed E-state index contributed by atoms with van der Waals surface area (Å²) in [6.07, 6.45) is 2.28. The van der Waals surface area contributed by atoms with E-state index in [-0.39, 0.29) is 67.1 Å². The van der Waals surface area contributed by atoms with Crippen LogP contribution in [0.4, 0.5) is 43.0 Å². The predicted molar refractivity (Wildman–Crippen MR) is 316 cm³/mol. The molecule has 2 aromatic carbocycles. The Bertz CT molecular complexity index is 3020. The lowest BCUT2D eigenvalue weighted by Gasteiger charge is -2.35. The highest BCUT2D eigenvalue weighted by Crippen LogP contribution is 2.39. The lowest BCUT2D eigenvalue weighted by atomic mass is 9.93. The molecule has 0 spiro atoms. The maximum absolute atomic E-state index is 12.9. The molecular weight excluding hydrogens is 1130 g/mol. The average molecular weight is 1210 g/mol. The molecule has 6 heterocycles. The van der Waals surface area contributed by atoms with E-state index in [4.69, 9.17) is 4.74 Å². The van der Waals surface area contributed by atoms with Crippen molar-refractivity contribution in [2.75, 3.05) is 63.0 Å². The van der Waals surface area contributed by atoms with Gasteiger partial charge in [0.05, 0.1) is 25.0 Å². The molecule has 24 heteroatoms. The molecule has 2 aliphatic carbocycles. The fourth-order valence-electron chi connectivity index (χ4n) is 11.5. The fourth-order valence-corrected chi connectivity index (χ4v) is 11.5. The van der Waals surface area contributed by atoms with E-state index in [2.05, 4.69) is 116 Å². The second-order valence-corrected chi connectivity index (χ2v) is 23.6. The Morgan fingerprint density at radius 2 is 1.00 bits per heavy atom. The molecule has 4 aromatic heterocycles. The van der Waals surface area contributed by atoms with Crippen molar-refractivity contribution in [2.24, 2.45) is 0 Å². The third-order valence-corrected chi connectivity index (χ3v) is 15.7. The van der Waals surface area contributed by atoms with Gasteiger partial charge in [-0.05, 0) is 108 Å². The number of carbonyl (C=O) groups is 1. The highest BCUT2D eigenvalue weighted by atomic mass is 35.5. The summed E-state index contributed by atoms with van der Waals surface area (Å²) in [5, 5.41) is 30.8. The van der Waals surface area contributed by atoms with Crippen LogP contribution in [0.25, 0.3) is 44.3 Å². The molecule has 4 aliphatic rings. The number of nitrogens with zero attached hydrogens (tertiary/aromatic N) is 9. The molecule has 0 bridgehead atoms. The Hall–Kier alpha value is -5.49. The number of nitrogens with one attached hydrogen (secondary N) is 3. The molecule has 2 atom stereocenters. The first kappa shape index (κ1) is 65.1. The third-order valence-electron chi connectivity index (χ3n) is 15.7. The van der Waals surface area contributed by atoms with Crippen LogP contribution in [0.5, 0.6) is 0 Å².